The molecule has 5 nitrogen and oxygen atoms in total. The number of rotatable bonds is 5. The second-order valence-electron chi connectivity index (χ2n) is 4.06. The summed E-state index contributed by atoms with van der Waals surface area (Å²) in [4.78, 5) is 22.3. The van der Waals surface area contributed by atoms with Gasteiger partial charge in [0.15, 0.2) is 0 Å². The predicted molar refractivity (Wildman–Crippen MR) is 69.9 cm³/mol. The first-order valence-corrected chi connectivity index (χ1v) is 5.86. The SMILES string of the molecule is CC(N)CCC(=O)Nc1ccc(C(=O)O)cc1Cl. The highest BCUT2D eigenvalue weighted by Crippen LogP contribution is 2.23. The zero-order valence-corrected chi connectivity index (χ0v) is 10.7. The van der Waals surface area contributed by atoms with Crippen LogP contribution in [0.25, 0.3) is 0 Å². The van der Waals surface area contributed by atoms with Gasteiger partial charge in [0.25, 0.3) is 0 Å². The summed E-state index contributed by atoms with van der Waals surface area (Å²) in [5.74, 6) is -1.26. The second kappa shape index (κ2) is 6.37. The molecule has 1 aromatic rings. The smallest absolute Gasteiger partial charge is 0.335 e. The maximum Gasteiger partial charge on any atom is 0.335 e. The van der Waals surface area contributed by atoms with Gasteiger partial charge in [-0.25, -0.2) is 4.79 Å². The zero-order valence-electron chi connectivity index (χ0n) is 9.94. The van der Waals surface area contributed by atoms with E-state index >= 15 is 0 Å². The van der Waals surface area contributed by atoms with Crippen molar-refractivity contribution in [2.45, 2.75) is 25.8 Å². The van der Waals surface area contributed by atoms with Gasteiger partial charge in [0.1, 0.15) is 0 Å². The molecule has 0 aliphatic carbocycles. The van der Waals surface area contributed by atoms with Gasteiger partial charge < -0.3 is 16.2 Å². The molecule has 0 fully saturated rings. The van der Waals surface area contributed by atoms with Crippen LogP contribution in [0.1, 0.15) is 30.1 Å². The quantitative estimate of drug-likeness (QED) is 0.764. The number of carbonyl (C=O) groups is 2. The first kappa shape index (κ1) is 14.5. The fraction of sp³-hybridized carbons (Fsp3) is 0.333. The first-order valence-electron chi connectivity index (χ1n) is 5.48. The van der Waals surface area contributed by atoms with Crippen molar-refractivity contribution in [2.75, 3.05) is 5.32 Å². The number of carbonyl (C=O) groups excluding carboxylic acids is 1. The summed E-state index contributed by atoms with van der Waals surface area (Å²) >= 11 is 5.88. The Hall–Kier alpha value is -1.59. The molecule has 0 spiro atoms. The van der Waals surface area contributed by atoms with Crippen molar-refractivity contribution >= 4 is 29.2 Å². The van der Waals surface area contributed by atoms with E-state index in [-0.39, 0.29) is 22.5 Å². The van der Waals surface area contributed by atoms with Gasteiger partial charge in [-0.3, -0.25) is 4.79 Å². The molecule has 98 valence electrons. The summed E-state index contributed by atoms with van der Waals surface area (Å²) in [6, 6.07) is 4.11. The molecular formula is C12H15ClN2O3. The number of anilines is 1. The van der Waals surface area contributed by atoms with Crippen molar-refractivity contribution in [3.8, 4) is 0 Å². The average Bonchev–Trinajstić information content (AvgIpc) is 2.29. The van der Waals surface area contributed by atoms with Gasteiger partial charge in [0, 0.05) is 12.5 Å². The Morgan fingerprint density at radius 3 is 2.67 bits per heavy atom. The maximum absolute atomic E-state index is 11.5. The summed E-state index contributed by atoms with van der Waals surface area (Å²) in [6.45, 7) is 1.82. The standard InChI is InChI=1S/C12H15ClN2O3/c1-7(14)2-5-11(16)15-10-4-3-8(12(17)18)6-9(10)13/h3-4,6-7H,2,5,14H2,1H3,(H,15,16)(H,17,18). The van der Waals surface area contributed by atoms with E-state index in [9.17, 15) is 9.59 Å². The normalized spacial score (nSPS) is 11.9. The number of carboxylic acids is 1. The van der Waals surface area contributed by atoms with Gasteiger partial charge in [0.05, 0.1) is 16.3 Å². The fourth-order valence-corrected chi connectivity index (χ4v) is 1.55. The third-order valence-electron chi connectivity index (χ3n) is 2.32. The van der Waals surface area contributed by atoms with Crippen molar-refractivity contribution in [3.63, 3.8) is 0 Å². The van der Waals surface area contributed by atoms with Gasteiger partial charge in [-0.15, -0.1) is 0 Å². The van der Waals surface area contributed by atoms with Crippen LogP contribution in [-0.4, -0.2) is 23.0 Å². The molecule has 0 saturated heterocycles. The van der Waals surface area contributed by atoms with Crippen LogP contribution in [0.2, 0.25) is 5.02 Å². The molecule has 1 atom stereocenters. The molecule has 0 heterocycles. The van der Waals surface area contributed by atoms with E-state index in [2.05, 4.69) is 5.32 Å². The van der Waals surface area contributed by atoms with Crippen LogP contribution in [0.15, 0.2) is 18.2 Å². The minimum atomic E-state index is -1.06. The number of nitrogens with two attached hydrogens (primary N) is 1. The first-order chi connectivity index (χ1) is 8.40. The predicted octanol–water partition coefficient (Wildman–Crippen LogP) is 2.10. The lowest BCUT2D eigenvalue weighted by Gasteiger charge is -2.09. The monoisotopic (exact) mass is 270 g/mol. The summed E-state index contributed by atoms with van der Waals surface area (Å²) in [6.07, 6.45) is 0.880. The highest BCUT2D eigenvalue weighted by atomic mass is 35.5. The lowest BCUT2D eigenvalue weighted by molar-refractivity contribution is -0.116. The van der Waals surface area contributed by atoms with E-state index < -0.39 is 5.97 Å². The van der Waals surface area contributed by atoms with Gasteiger partial charge in [-0.05, 0) is 31.5 Å². The maximum atomic E-state index is 11.5. The number of halogens is 1. The Balaban J connectivity index is 2.68. The molecule has 6 heteroatoms. The Kier molecular flexibility index (Phi) is 5.12. The van der Waals surface area contributed by atoms with Gasteiger partial charge >= 0.3 is 5.97 Å². The average molecular weight is 271 g/mol. The van der Waals surface area contributed by atoms with Crippen LogP contribution >= 0.6 is 11.6 Å². The molecule has 4 N–H and O–H groups in total. The largest absolute Gasteiger partial charge is 0.478 e. The number of aromatic carboxylic acids is 1. The van der Waals surface area contributed by atoms with Crippen LogP contribution in [0.4, 0.5) is 5.69 Å². The highest BCUT2D eigenvalue weighted by molar-refractivity contribution is 6.34. The van der Waals surface area contributed by atoms with Gasteiger partial charge in [-0.1, -0.05) is 11.6 Å². The van der Waals surface area contributed by atoms with Crippen molar-refractivity contribution in [1.82, 2.24) is 0 Å². The van der Waals surface area contributed by atoms with E-state index in [4.69, 9.17) is 22.4 Å². The zero-order chi connectivity index (χ0) is 13.7. The minimum absolute atomic E-state index is 0.0411. The lowest BCUT2D eigenvalue weighted by atomic mass is 10.1. The number of nitrogens with one attached hydrogen (secondary N) is 1. The number of amides is 1. The topological polar surface area (TPSA) is 92.4 Å². The van der Waals surface area contributed by atoms with E-state index in [1.54, 1.807) is 0 Å². The van der Waals surface area contributed by atoms with E-state index in [1.165, 1.54) is 18.2 Å². The molecule has 1 amide bonds. The Labute approximate surface area is 110 Å². The third-order valence-corrected chi connectivity index (χ3v) is 2.63. The molecule has 0 aromatic heterocycles. The Bertz CT molecular complexity index is 461. The highest BCUT2D eigenvalue weighted by Gasteiger charge is 2.10. The molecule has 0 saturated carbocycles. The molecular weight excluding hydrogens is 256 g/mol. The van der Waals surface area contributed by atoms with Gasteiger partial charge in [-0.2, -0.15) is 0 Å². The van der Waals surface area contributed by atoms with E-state index in [0.717, 1.165) is 0 Å². The van der Waals surface area contributed by atoms with Crippen LogP contribution in [-0.2, 0) is 4.79 Å². The molecule has 0 aliphatic rings. The molecule has 0 bridgehead atoms. The molecule has 0 radical (unpaired) electrons. The minimum Gasteiger partial charge on any atom is -0.478 e. The number of carboxylic acid groups (broad SMARTS) is 1. The molecule has 1 aromatic carbocycles. The van der Waals surface area contributed by atoms with Crippen molar-refractivity contribution in [2.24, 2.45) is 5.73 Å². The van der Waals surface area contributed by atoms with E-state index in [0.29, 0.717) is 18.5 Å². The van der Waals surface area contributed by atoms with Crippen LogP contribution in [0.5, 0.6) is 0 Å². The van der Waals surface area contributed by atoms with E-state index in [1.807, 2.05) is 6.92 Å². The summed E-state index contributed by atoms with van der Waals surface area (Å²) in [7, 11) is 0. The van der Waals surface area contributed by atoms with Gasteiger partial charge in [0.2, 0.25) is 5.91 Å². The number of benzene rings is 1. The number of hydrogen-bond acceptors (Lipinski definition) is 3. The summed E-state index contributed by atoms with van der Waals surface area (Å²) < 4.78 is 0. The molecule has 0 aliphatic heterocycles. The summed E-state index contributed by atoms with van der Waals surface area (Å²) in [5, 5.41) is 11.6. The van der Waals surface area contributed by atoms with Crippen molar-refractivity contribution in [3.05, 3.63) is 28.8 Å². The van der Waals surface area contributed by atoms with Crippen LogP contribution in [0.3, 0.4) is 0 Å². The lowest BCUT2D eigenvalue weighted by Crippen LogP contribution is -2.19. The molecule has 1 unspecified atom stereocenters. The van der Waals surface area contributed by atoms with Crippen molar-refractivity contribution in [1.29, 1.82) is 0 Å². The van der Waals surface area contributed by atoms with Crippen LogP contribution < -0.4 is 11.1 Å². The molecule has 18 heavy (non-hydrogen) atoms. The Morgan fingerprint density at radius 1 is 1.50 bits per heavy atom. The molecule has 1 rings (SSSR count). The number of hydrogen-bond donors (Lipinski definition) is 3. The summed E-state index contributed by atoms with van der Waals surface area (Å²) in [5.41, 5.74) is 6.02. The Morgan fingerprint density at radius 2 is 2.17 bits per heavy atom. The van der Waals surface area contributed by atoms with Crippen LogP contribution in [0, 0.1) is 0 Å². The second-order valence-corrected chi connectivity index (χ2v) is 4.47. The third kappa shape index (κ3) is 4.35. The fourth-order valence-electron chi connectivity index (χ4n) is 1.32. The van der Waals surface area contributed by atoms with Crippen molar-refractivity contribution < 1.29 is 14.7 Å².